The molecule has 0 aliphatic heterocycles. The smallest absolute Gasteiger partial charge is 0.412 e. The second-order valence-corrected chi connectivity index (χ2v) is 4.83. The summed E-state index contributed by atoms with van der Waals surface area (Å²) < 4.78 is 5.69. The van der Waals surface area contributed by atoms with E-state index in [1.807, 2.05) is 22.6 Å². The number of nitrogens with one attached hydrogen (secondary N) is 1. The van der Waals surface area contributed by atoms with Gasteiger partial charge in [-0.3, -0.25) is 5.32 Å². The Bertz CT molecular complexity index is 345. The molecular weight excluding hydrogens is 309 g/mol. The SMILES string of the molecule is CC(C)(C)OC(=O)Nc1cnc(I)nc1. The van der Waals surface area contributed by atoms with Crippen LogP contribution in [0.15, 0.2) is 12.4 Å². The molecule has 0 aliphatic carbocycles. The highest BCUT2D eigenvalue weighted by molar-refractivity contribution is 14.1. The third kappa shape index (κ3) is 4.91. The van der Waals surface area contributed by atoms with Crippen molar-refractivity contribution < 1.29 is 9.53 Å². The van der Waals surface area contributed by atoms with Gasteiger partial charge in [0.25, 0.3) is 0 Å². The Kier molecular flexibility index (Phi) is 3.83. The van der Waals surface area contributed by atoms with E-state index >= 15 is 0 Å². The summed E-state index contributed by atoms with van der Waals surface area (Å²) in [5, 5.41) is 2.54. The van der Waals surface area contributed by atoms with Gasteiger partial charge in [-0.1, -0.05) is 0 Å². The van der Waals surface area contributed by atoms with Crippen LogP contribution in [0.25, 0.3) is 0 Å². The van der Waals surface area contributed by atoms with Crippen molar-refractivity contribution in [2.75, 3.05) is 5.32 Å². The standard InChI is InChI=1S/C9H12IN3O2/c1-9(2,3)15-8(14)13-6-4-11-7(10)12-5-6/h4-5H,1-3H3,(H,13,14). The van der Waals surface area contributed by atoms with E-state index in [9.17, 15) is 4.79 Å². The fourth-order valence-corrected chi connectivity index (χ4v) is 1.08. The van der Waals surface area contributed by atoms with E-state index in [-0.39, 0.29) is 0 Å². The summed E-state index contributed by atoms with van der Waals surface area (Å²) in [6, 6.07) is 0. The minimum Gasteiger partial charge on any atom is -0.444 e. The van der Waals surface area contributed by atoms with Crippen LogP contribution in [0, 0.1) is 3.83 Å². The normalized spacial score (nSPS) is 10.9. The Hall–Kier alpha value is -0.920. The van der Waals surface area contributed by atoms with Crippen LogP contribution in [-0.2, 0) is 4.74 Å². The predicted octanol–water partition coefficient (Wildman–Crippen LogP) is 2.43. The maximum Gasteiger partial charge on any atom is 0.412 e. The molecule has 1 rings (SSSR count). The third-order valence-corrected chi connectivity index (χ3v) is 1.82. The Labute approximate surface area is 102 Å². The van der Waals surface area contributed by atoms with Crippen LogP contribution in [0.4, 0.5) is 10.5 Å². The molecule has 0 saturated carbocycles. The number of hydrogen-bond acceptors (Lipinski definition) is 4. The maximum absolute atomic E-state index is 11.3. The third-order valence-electron chi connectivity index (χ3n) is 1.27. The lowest BCUT2D eigenvalue weighted by atomic mass is 10.2. The molecule has 0 spiro atoms. The van der Waals surface area contributed by atoms with Gasteiger partial charge >= 0.3 is 6.09 Å². The zero-order chi connectivity index (χ0) is 11.5. The van der Waals surface area contributed by atoms with Gasteiger partial charge in [-0.25, -0.2) is 14.8 Å². The number of nitrogens with zero attached hydrogens (tertiary/aromatic N) is 2. The van der Waals surface area contributed by atoms with Gasteiger partial charge in [-0.05, 0) is 20.8 Å². The van der Waals surface area contributed by atoms with Crippen LogP contribution >= 0.6 is 22.6 Å². The van der Waals surface area contributed by atoms with E-state index < -0.39 is 11.7 Å². The van der Waals surface area contributed by atoms with Crippen molar-refractivity contribution in [3.8, 4) is 0 Å². The summed E-state index contributed by atoms with van der Waals surface area (Å²) in [6.07, 6.45) is 2.55. The average Bonchev–Trinajstić information content (AvgIpc) is 2.05. The number of rotatable bonds is 1. The van der Waals surface area contributed by atoms with Crippen LogP contribution in [0.1, 0.15) is 20.8 Å². The molecule has 15 heavy (non-hydrogen) atoms. The van der Waals surface area contributed by atoms with Crippen LogP contribution in [-0.4, -0.2) is 21.7 Å². The van der Waals surface area contributed by atoms with E-state index in [0.717, 1.165) is 0 Å². The first kappa shape index (κ1) is 12.2. The van der Waals surface area contributed by atoms with E-state index in [1.165, 1.54) is 12.4 Å². The number of aromatic nitrogens is 2. The van der Waals surface area contributed by atoms with Gasteiger partial charge in [0.15, 0.2) is 3.83 Å². The molecule has 82 valence electrons. The molecule has 0 unspecified atom stereocenters. The highest BCUT2D eigenvalue weighted by atomic mass is 127. The zero-order valence-corrected chi connectivity index (χ0v) is 10.9. The lowest BCUT2D eigenvalue weighted by Gasteiger charge is -2.19. The van der Waals surface area contributed by atoms with Gasteiger partial charge in [0.05, 0.1) is 18.1 Å². The summed E-state index contributed by atoms with van der Waals surface area (Å²) in [7, 11) is 0. The van der Waals surface area contributed by atoms with Gasteiger partial charge in [0.1, 0.15) is 5.60 Å². The van der Waals surface area contributed by atoms with Gasteiger partial charge in [-0.2, -0.15) is 0 Å². The van der Waals surface area contributed by atoms with Gasteiger partial charge in [-0.15, -0.1) is 0 Å². The topological polar surface area (TPSA) is 64.1 Å². The number of hydrogen-bond donors (Lipinski definition) is 1. The van der Waals surface area contributed by atoms with Crippen LogP contribution < -0.4 is 5.32 Å². The minimum absolute atomic E-state index is 0.506. The minimum atomic E-state index is -0.507. The summed E-state index contributed by atoms with van der Waals surface area (Å²) >= 11 is 1.99. The van der Waals surface area contributed by atoms with Crippen LogP contribution in [0.5, 0.6) is 0 Å². The number of halogens is 1. The number of ether oxygens (including phenoxy) is 1. The van der Waals surface area contributed by atoms with Crippen molar-refractivity contribution in [1.82, 2.24) is 9.97 Å². The molecule has 1 aromatic rings. The van der Waals surface area contributed by atoms with Crippen LogP contribution in [0.3, 0.4) is 0 Å². The summed E-state index contributed by atoms with van der Waals surface area (Å²) in [4.78, 5) is 19.2. The highest BCUT2D eigenvalue weighted by Crippen LogP contribution is 2.10. The number of amides is 1. The molecule has 1 aromatic heterocycles. The Morgan fingerprint density at radius 3 is 2.40 bits per heavy atom. The molecule has 0 fully saturated rings. The first-order valence-electron chi connectivity index (χ1n) is 4.34. The first-order valence-corrected chi connectivity index (χ1v) is 5.42. The largest absolute Gasteiger partial charge is 0.444 e. The summed E-state index contributed by atoms with van der Waals surface area (Å²) in [5.74, 6) is 0. The Balaban J connectivity index is 2.55. The van der Waals surface area contributed by atoms with Gasteiger partial charge in [0.2, 0.25) is 0 Å². The van der Waals surface area contributed by atoms with Gasteiger partial charge in [0, 0.05) is 22.6 Å². The molecular formula is C9H12IN3O2. The van der Waals surface area contributed by atoms with Crippen molar-refractivity contribution >= 4 is 34.4 Å². The molecule has 1 heterocycles. The second-order valence-electron chi connectivity index (χ2n) is 3.87. The Morgan fingerprint density at radius 2 is 1.93 bits per heavy atom. The van der Waals surface area contributed by atoms with Crippen LogP contribution in [0.2, 0.25) is 0 Å². The maximum atomic E-state index is 11.3. The molecule has 0 aromatic carbocycles. The molecule has 0 bridgehead atoms. The fraction of sp³-hybridized carbons (Fsp3) is 0.444. The van der Waals surface area contributed by atoms with Crippen molar-refractivity contribution in [3.63, 3.8) is 0 Å². The highest BCUT2D eigenvalue weighted by Gasteiger charge is 2.16. The predicted molar refractivity (Wildman–Crippen MR) is 64.6 cm³/mol. The van der Waals surface area contributed by atoms with E-state index in [2.05, 4.69) is 15.3 Å². The fourth-order valence-electron chi connectivity index (χ4n) is 0.798. The monoisotopic (exact) mass is 321 g/mol. The lowest BCUT2D eigenvalue weighted by molar-refractivity contribution is 0.0636. The molecule has 0 saturated heterocycles. The van der Waals surface area contributed by atoms with Crippen molar-refractivity contribution in [2.24, 2.45) is 0 Å². The Morgan fingerprint density at radius 1 is 1.40 bits per heavy atom. The molecule has 6 heteroatoms. The molecule has 1 amide bonds. The van der Waals surface area contributed by atoms with Crippen molar-refractivity contribution in [1.29, 1.82) is 0 Å². The number of carbonyl (C=O) groups is 1. The molecule has 0 aliphatic rings. The summed E-state index contributed by atoms with van der Waals surface area (Å²) in [5.41, 5.74) is 0.0124. The molecule has 5 nitrogen and oxygen atoms in total. The quantitative estimate of drug-likeness (QED) is 0.637. The molecule has 1 N–H and O–H groups in total. The first-order chi connectivity index (χ1) is 6.87. The molecule has 0 atom stereocenters. The van der Waals surface area contributed by atoms with E-state index in [1.54, 1.807) is 20.8 Å². The average molecular weight is 321 g/mol. The van der Waals surface area contributed by atoms with Crippen molar-refractivity contribution in [3.05, 3.63) is 16.2 Å². The van der Waals surface area contributed by atoms with Gasteiger partial charge < -0.3 is 4.74 Å². The van der Waals surface area contributed by atoms with E-state index in [0.29, 0.717) is 9.52 Å². The van der Waals surface area contributed by atoms with E-state index in [4.69, 9.17) is 4.74 Å². The lowest BCUT2D eigenvalue weighted by Crippen LogP contribution is -2.27. The summed E-state index contributed by atoms with van der Waals surface area (Å²) in [6.45, 7) is 5.41. The second kappa shape index (κ2) is 4.73. The van der Waals surface area contributed by atoms with Crippen molar-refractivity contribution in [2.45, 2.75) is 26.4 Å². The zero-order valence-electron chi connectivity index (χ0n) is 8.74. The number of carbonyl (C=O) groups excluding carboxylic acids is 1. The number of anilines is 1. The molecule has 0 radical (unpaired) electrons.